The van der Waals surface area contributed by atoms with Crippen molar-refractivity contribution < 1.29 is 14.3 Å². The first-order valence-electron chi connectivity index (χ1n) is 4.41. The molecule has 0 aliphatic rings. The first kappa shape index (κ1) is 13.6. The third kappa shape index (κ3) is 5.79. The number of halogens is 1. The fourth-order valence-electron chi connectivity index (χ4n) is 0.798. The molecular weight excluding hydrogens is 201 g/mol. The van der Waals surface area contributed by atoms with E-state index in [1.165, 1.54) is 6.92 Å². The Bertz CT molecular complexity index is 294. The monoisotopic (exact) mass is 217 g/mol. The first-order valence-corrected chi connectivity index (χ1v) is 4.41. The van der Waals surface area contributed by atoms with Crippen molar-refractivity contribution in [1.29, 1.82) is 0 Å². The highest BCUT2D eigenvalue weighted by Crippen LogP contribution is 2.10. The highest BCUT2D eigenvalue weighted by molar-refractivity contribution is 5.80. The zero-order valence-corrected chi connectivity index (χ0v) is 8.83. The molecule has 0 heterocycles. The number of carboxylic acid groups (broad SMARTS) is 1. The van der Waals surface area contributed by atoms with Crippen LogP contribution >= 0.6 is 0 Å². The van der Waals surface area contributed by atoms with Gasteiger partial charge in [0.25, 0.3) is 0 Å². The number of carbonyl (C=O) groups is 1. The number of nitrogens with zero attached hydrogens (tertiary/aromatic N) is 1. The minimum atomic E-state index is -1.69. The Morgan fingerprint density at radius 3 is 2.60 bits per heavy atom. The number of carboxylic acids is 1. The lowest BCUT2D eigenvalue weighted by atomic mass is 10.0. The maximum Gasteiger partial charge on any atom is 0.327 e. The van der Waals surface area contributed by atoms with Crippen LogP contribution in [0.2, 0.25) is 0 Å². The van der Waals surface area contributed by atoms with Crippen molar-refractivity contribution in [3.8, 4) is 0 Å². The standard InChI is InChI=1S/C9H16FN3O2/c1-6(11)13-4-3-7(10)5-9(2,12)8(14)15/h5H,3-4,12H2,1-2H3,(H2,11,13)(H,14,15)/b7-5+/t9-/m1/s1. The Kier molecular flexibility index (Phi) is 4.93. The van der Waals surface area contributed by atoms with Gasteiger partial charge in [0.1, 0.15) is 11.4 Å². The summed E-state index contributed by atoms with van der Waals surface area (Å²) in [5, 5.41) is 8.62. The summed E-state index contributed by atoms with van der Waals surface area (Å²) < 4.78 is 13.1. The number of nitrogens with two attached hydrogens (primary N) is 2. The van der Waals surface area contributed by atoms with Crippen molar-refractivity contribution in [2.45, 2.75) is 25.8 Å². The van der Waals surface area contributed by atoms with Gasteiger partial charge in [0.15, 0.2) is 0 Å². The minimum Gasteiger partial charge on any atom is -0.480 e. The number of hydrogen-bond donors (Lipinski definition) is 3. The van der Waals surface area contributed by atoms with Gasteiger partial charge in [0.05, 0.1) is 5.84 Å². The van der Waals surface area contributed by atoms with Crippen LogP contribution in [-0.2, 0) is 4.79 Å². The summed E-state index contributed by atoms with van der Waals surface area (Å²) >= 11 is 0. The summed E-state index contributed by atoms with van der Waals surface area (Å²) in [7, 11) is 0. The van der Waals surface area contributed by atoms with E-state index in [0.29, 0.717) is 5.84 Å². The lowest BCUT2D eigenvalue weighted by molar-refractivity contribution is -0.140. The van der Waals surface area contributed by atoms with Crippen molar-refractivity contribution in [2.75, 3.05) is 6.54 Å². The van der Waals surface area contributed by atoms with Gasteiger partial charge in [-0.25, -0.2) is 9.18 Å². The maximum absolute atomic E-state index is 13.1. The van der Waals surface area contributed by atoms with E-state index in [1.807, 2.05) is 0 Å². The molecule has 0 aromatic carbocycles. The molecule has 15 heavy (non-hydrogen) atoms. The van der Waals surface area contributed by atoms with Gasteiger partial charge < -0.3 is 16.6 Å². The second kappa shape index (κ2) is 5.45. The Balaban J connectivity index is 4.32. The first-order chi connectivity index (χ1) is 6.75. The van der Waals surface area contributed by atoms with Crippen molar-refractivity contribution in [3.63, 3.8) is 0 Å². The Hall–Kier alpha value is -1.43. The Morgan fingerprint density at radius 1 is 1.67 bits per heavy atom. The molecule has 6 heteroatoms. The zero-order chi connectivity index (χ0) is 12.1. The lowest BCUT2D eigenvalue weighted by Crippen LogP contribution is -2.42. The molecule has 0 saturated heterocycles. The molecule has 0 aromatic heterocycles. The van der Waals surface area contributed by atoms with Crippen LogP contribution in [0, 0.1) is 0 Å². The number of hydrogen-bond acceptors (Lipinski definition) is 3. The Labute approximate surface area is 87.7 Å². The van der Waals surface area contributed by atoms with Gasteiger partial charge in [-0.05, 0) is 19.9 Å². The number of amidine groups is 1. The minimum absolute atomic E-state index is 0.00535. The molecule has 0 unspecified atom stereocenters. The van der Waals surface area contributed by atoms with Crippen LogP contribution in [0.3, 0.4) is 0 Å². The van der Waals surface area contributed by atoms with Crippen LogP contribution in [0.5, 0.6) is 0 Å². The summed E-state index contributed by atoms with van der Waals surface area (Å²) in [4.78, 5) is 14.3. The Morgan fingerprint density at radius 2 is 2.20 bits per heavy atom. The summed E-state index contributed by atoms with van der Waals surface area (Å²) in [6.45, 7) is 2.98. The van der Waals surface area contributed by atoms with E-state index in [1.54, 1.807) is 6.92 Å². The van der Waals surface area contributed by atoms with Gasteiger partial charge >= 0.3 is 5.97 Å². The molecule has 0 amide bonds. The van der Waals surface area contributed by atoms with Gasteiger partial charge in [-0.3, -0.25) is 4.99 Å². The van der Waals surface area contributed by atoms with Crippen LogP contribution in [0.1, 0.15) is 20.3 Å². The van der Waals surface area contributed by atoms with Crippen LogP contribution in [0.25, 0.3) is 0 Å². The maximum atomic E-state index is 13.1. The fourth-order valence-corrected chi connectivity index (χ4v) is 0.798. The molecule has 0 fully saturated rings. The van der Waals surface area contributed by atoms with Gasteiger partial charge in [-0.2, -0.15) is 0 Å². The molecule has 0 rings (SSSR count). The van der Waals surface area contributed by atoms with E-state index in [0.717, 1.165) is 6.08 Å². The normalized spacial score (nSPS) is 17.3. The SMILES string of the molecule is CC(N)=NCC/C(F)=C\[C@@](C)(N)C(=O)O. The molecule has 0 aliphatic carbocycles. The molecule has 0 spiro atoms. The average Bonchev–Trinajstić information content (AvgIpc) is 2.01. The van der Waals surface area contributed by atoms with E-state index in [9.17, 15) is 9.18 Å². The second-order valence-electron chi connectivity index (χ2n) is 3.45. The summed E-state index contributed by atoms with van der Waals surface area (Å²) in [5.41, 5.74) is 8.87. The molecule has 5 nitrogen and oxygen atoms in total. The summed E-state index contributed by atoms with van der Waals surface area (Å²) in [6.07, 6.45) is 0.866. The molecule has 5 N–H and O–H groups in total. The highest BCUT2D eigenvalue weighted by Gasteiger charge is 2.25. The molecule has 0 saturated carbocycles. The van der Waals surface area contributed by atoms with Gasteiger partial charge in [-0.1, -0.05) is 0 Å². The average molecular weight is 217 g/mol. The number of rotatable bonds is 5. The molecule has 86 valence electrons. The highest BCUT2D eigenvalue weighted by atomic mass is 19.1. The zero-order valence-electron chi connectivity index (χ0n) is 8.83. The molecule has 0 radical (unpaired) electrons. The van der Waals surface area contributed by atoms with E-state index in [-0.39, 0.29) is 13.0 Å². The van der Waals surface area contributed by atoms with E-state index < -0.39 is 17.3 Å². The largest absolute Gasteiger partial charge is 0.480 e. The van der Waals surface area contributed by atoms with Crippen LogP contribution in [-0.4, -0.2) is 29.0 Å². The molecule has 0 aromatic rings. The van der Waals surface area contributed by atoms with Crippen LogP contribution in [0.4, 0.5) is 4.39 Å². The molecular formula is C9H16FN3O2. The van der Waals surface area contributed by atoms with Gasteiger partial charge in [0.2, 0.25) is 0 Å². The smallest absolute Gasteiger partial charge is 0.327 e. The number of aliphatic imine (C=N–C) groups is 1. The predicted molar refractivity (Wildman–Crippen MR) is 56.2 cm³/mol. The number of aliphatic carboxylic acids is 1. The molecule has 0 bridgehead atoms. The quantitative estimate of drug-likeness (QED) is 0.458. The predicted octanol–water partition coefficient (Wildman–Crippen LogP) is 0.409. The summed E-state index contributed by atoms with van der Waals surface area (Å²) in [6, 6.07) is 0. The van der Waals surface area contributed by atoms with Crippen molar-refractivity contribution in [2.24, 2.45) is 16.5 Å². The van der Waals surface area contributed by atoms with Crippen molar-refractivity contribution in [3.05, 3.63) is 11.9 Å². The molecule has 1 atom stereocenters. The summed E-state index contributed by atoms with van der Waals surface area (Å²) in [5.74, 6) is -1.53. The van der Waals surface area contributed by atoms with Crippen LogP contribution in [0.15, 0.2) is 16.9 Å². The van der Waals surface area contributed by atoms with Gasteiger partial charge in [0, 0.05) is 13.0 Å². The van der Waals surface area contributed by atoms with Crippen molar-refractivity contribution >= 4 is 11.8 Å². The van der Waals surface area contributed by atoms with E-state index in [4.69, 9.17) is 16.6 Å². The fraction of sp³-hybridized carbons (Fsp3) is 0.556. The lowest BCUT2D eigenvalue weighted by Gasteiger charge is -2.13. The third-order valence-corrected chi connectivity index (χ3v) is 1.63. The van der Waals surface area contributed by atoms with Crippen molar-refractivity contribution in [1.82, 2.24) is 0 Å². The van der Waals surface area contributed by atoms with E-state index in [2.05, 4.69) is 4.99 Å². The van der Waals surface area contributed by atoms with Gasteiger partial charge in [-0.15, -0.1) is 0 Å². The van der Waals surface area contributed by atoms with E-state index >= 15 is 0 Å². The van der Waals surface area contributed by atoms with Crippen LogP contribution < -0.4 is 11.5 Å². The molecule has 0 aliphatic heterocycles. The third-order valence-electron chi connectivity index (χ3n) is 1.63. The second-order valence-corrected chi connectivity index (χ2v) is 3.45. The topological polar surface area (TPSA) is 102 Å².